The standard InChI is InChI=1S/C26H23NO6/c28-22-10-6-19(7-11-22)8-12-23(29)17-24(30)13-9-21-16-25(14-15-26(21)27(31)32)33-18-20-4-2-1-3-5-20/h1-7,9-11,13-16,28H,8,12,17-18H2/b13-9+. The number of aryl methyl sites for hydroxylation is 1. The molecule has 0 radical (unpaired) electrons. The van der Waals surface area contributed by atoms with Crippen LogP contribution in [0.3, 0.4) is 0 Å². The number of nitro groups is 1. The SMILES string of the molecule is O=C(/C=C/c1cc(OCc2ccccc2)ccc1[N+](=O)[O-])CC(=O)CCc1ccc(O)cc1. The van der Waals surface area contributed by atoms with Gasteiger partial charge in [-0.3, -0.25) is 19.7 Å². The number of benzene rings is 3. The Bertz CT molecular complexity index is 1150. The van der Waals surface area contributed by atoms with Crippen LogP contribution in [-0.4, -0.2) is 21.6 Å². The van der Waals surface area contributed by atoms with Gasteiger partial charge in [-0.15, -0.1) is 0 Å². The fourth-order valence-electron chi connectivity index (χ4n) is 3.13. The van der Waals surface area contributed by atoms with Gasteiger partial charge in [0.1, 0.15) is 23.9 Å². The molecular formula is C26H23NO6. The first-order valence-electron chi connectivity index (χ1n) is 10.4. The molecule has 0 spiro atoms. The molecule has 0 unspecified atom stereocenters. The van der Waals surface area contributed by atoms with Crippen LogP contribution in [0.1, 0.15) is 29.5 Å². The van der Waals surface area contributed by atoms with E-state index in [1.807, 2.05) is 30.3 Å². The summed E-state index contributed by atoms with van der Waals surface area (Å²) in [5.74, 6) is -0.0849. The number of Topliss-reactive ketones (excluding diaryl/α,β-unsaturated/α-hetero) is 1. The smallest absolute Gasteiger partial charge is 0.276 e. The van der Waals surface area contributed by atoms with Crippen LogP contribution >= 0.6 is 0 Å². The van der Waals surface area contributed by atoms with E-state index < -0.39 is 10.7 Å². The van der Waals surface area contributed by atoms with Gasteiger partial charge in [-0.05, 0) is 54.0 Å². The number of allylic oxidation sites excluding steroid dienone is 1. The van der Waals surface area contributed by atoms with Crippen LogP contribution in [0, 0.1) is 10.1 Å². The van der Waals surface area contributed by atoms with Crippen LogP contribution in [0.4, 0.5) is 5.69 Å². The molecule has 0 fully saturated rings. The molecule has 0 amide bonds. The summed E-state index contributed by atoms with van der Waals surface area (Å²) in [4.78, 5) is 35.2. The summed E-state index contributed by atoms with van der Waals surface area (Å²) < 4.78 is 5.71. The number of rotatable bonds is 11. The Hall–Kier alpha value is -4.26. The van der Waals surface area contributed by atoms with E-state index in [2.05, 4.69) is 0 Å². The minimum atomic E-state index is -0.534. The number of hydrogen-bond donors (Lipinski definition) is 1. The van der Waals surface area contributed by atoms with Crippen LogP contribution in [-0.2, 0) is 22.6 Å². The Balaban J connectivity index is 1.60. The number of nitro benzene ring substituents is 1. The molecule has 0 aliphatic rings. The monoisotopic (exact) mass is 445 g/mol. The first-order valence-corrected chi connectivity index (χ1v) is 10.4. The Morgan fingerprint density at radius 1 is 0.970 bits per heavy atom. The average Bonchev–Trinajstić information content (AvgIpc) is 2.81. The van der Waals surface area contributed by atoms with E-state index in [9.17, 15) is 24.8 Å². The fourth-order valence-corrected chi connectivity index (χ4v) is 3.13. The predicted molar refractivity (Wildman–Crippen MR) is 124 cm³/mol. The number of carbonyl (C=O) groups excluding carboxylic acids is 2. The Morgan fingerprint density at radius 2 is 1.70 bits per heavy atom. The number of carbonyl (C=O) groups is 2. The second-order valence-electron chi connectivity index (χ2n) is 7.43. The van der Waals surface area contributed by atoms with E-state index in [1.54, 1.807) is 12.1 Å². The summed E-state index contributed by atoms with van der Waals surface area (Å²) in [5.41, 5.74) is 1.89. The second-order valence-corrected chi connectivity index (χ2v) is 7.43. The van der Waals surface area contributed by atoms with Crippen molar-refractivity contribution in [3.8, 4) is 11.5 Å². The van der Waals surface area contributed by atoms with Crippen molar-refractivity contribution in [1.82, 2.24) is 0 Å². The molecule has 7 heteroatoms. The number of phenols is 1. The molecule has 0 atom stereocenters. The third-order valence-electron chi connectivity index (χ3n) is 4.89. The average molecular weight is 445 g/mol. The van der Waals surface area contributed by atoms with Crippen molar-refractivity contribution in [1.29, 1.82) is 0 Å². The fraction of sp³-hybridized carbons (Fsp3) is 0.154. The molecule has 0 bridgehead atoms. The molecule has 3 aromatic rings. The second kappa shape index (κ2) is 11.4. The third-order valence-corrected chi connectivity index (χ3v) is 4.89. The first kappa shape index (κ1) is 23.4. The van der Waals surface area contributed by atoms with Crippen LogP contribution in [0.2, 0.25) is 0 Å². The summed E-state index contributed by atoms with van der Waals surface area (Å²) in [6, 6.07) is 20.3. The summed E-state index contributed by atoms with van der Waals surface area (Å²) in [7, 11) is 0. The zero-order valence-electron chi connectivity index (χ0n) is 17.8. The molecule has 33 heavy (non-hydrogen) atoms. The molecule has 0 aliphatic carbocycles. The van der Waals surface area contributed by atoms with Gasteiger partial charge in [-0.1, -0.05) is 42.5 Å². The number of aromatic hydroxyl groups is 1. The summed E-state index contributed by atoms with van der Waals surface area (Å²) in [6.45, 7) is 0.302. The van der Waals surface area contributed by atoms with Gasteiger partial charge in [0, 0.05) is 12.5 Å². The molecular weight excluding hydrogens is 422 g/mol. The molecule has 168 valence electrons. The van der Waals surface area contributed by atoms with Crippen molar-refractivity contribution in [2.45, 2.75) is 25.9 Å². The normalized spacial score (nSPS) is 10.8. The third kappa shape index (κ3) is 7.43. The molecule has 1 N–H and O–H groups in total. The number of ether oxygens (including phenoxy) is 1. The van der Waals surface area contributed by atoms with E-state index in [4.69, 9.17) is 4.74 Å². The summed E-state index contributed by atoms with van der Waals surface area (Å²) >= 11 is 0. The maximum Gasteiger partial charge on any atom is 0.276 e. The molecule has 0 heterocycles. The molecule has 7 nitrogen and oxygen atoms in total. The van der Waals surface area contributed by atoms with Crippen molar-refractivity contribution in [3.63, 3.8) is 0 Å². The molecule has 0 aliphatic heterocycles. The summed E-state index contributed by atoms with van der Waals surface area (Å²) in [5, 5.41) is 20.6. The maximum atomic E-state index is 12.2. The minimum Gasteiger partial charge on any atom is -0.508 e. The number of ketones is 2. The number of hydrogen-bond acceptors (Lipinski definition) is 6. The number of phenolic OH excluding ortho intramolecular Hbond substituents is 1. The van der Waals surface area contributed by atoms with E-state index in [1.165, 1.54) is 42.5 Å². The van der Waals surface area contributed by atoms with Crippen molar-refractivity contribution in [2.75, 3.05) is 0 Å². The van der Waals surface area contributed by atoms with E-state index in [-0.39, 0.29) is 35.6 Å². The molecule has 0 saturated heterocycles. The Labute approximate surface area is 191 Å². The van der Waals surface area contributed by atoms with Gasteiger partial charge in [0.05, 0.1) is 16.9 Å². The van der Waals surface area contributed by atoms with Gasteiger partial charge in [-0.2, -0.15) is 0 Å². The van der Waals surface area contributed by atoms with E-state index in [0.717, 1.165) is 11.1 Å². The Morgan fingerprint density at radius 3 is 2.39 bits per heavy atom. The van der Waals surface area contributed by atoms with Crippen molar-refractivity contribution < 1.29 is 24.4 Å². The summed E-state index contributed by atoms with van der Waals surface area (Å²) in [6.07, 6.45) is 2.88. The lowest BCUT2D eigenvalue weighted by Gasteiger charge is -2.07. The van der Waals surface area contributed by atoms with Gasteiger partial charge >= 0.3 is 0 Å². The van der Waals surface area contributed by atoms with Crippen LogP contribution < -0.4 is 4.74 Å². The highest BCUT2D eigenvalue weighted by atomic mass is 16.6. The molecule has 3 aromatic carbocycles. The molecule has 0 saturated carbocycles. The quantitative estimate of drug-likeness (QED) is 0.191. The first-order chi connectivity index (χ1) is 15.9. The lowest BCUT2D eigenvalue weighted by Crippen LogP contribution is -2.06. The zero-order chi connectivity index (χ0) is 23.6. The van der Waals surface area contributed by atoms with Gasteiger partial charge in [0.25, 0.3) is 5.69 Å². The highest BCUT2D eigenvalue weighted by Gasteiger charge is 2.14. The van der Waals surface area contributed by atoms with Crippen molar-refractivity contribution >= 4 is 23.3 Å². The largest absolute Gasteiger partial charge is 0.508 e. The van der Waals surface area contributed by atoms with Crippen molar-refractivity contribution in [2.24, 2.45) is 0 Å². The van der Waals surface area contributed by atoms with Crippen molar-refractivity contribution in [3.05, 3.63) is 106 Å². The van der Waals surface area contributed by atoms with Crippen LogP contribution in [0.5, 0.6) is 11.5 Å². The molecule has 0 aromatic heterocycles. The van der Waals surface area contributed by atoms with Gasteiger partial charge in [0.2, 0.25) is 0 Å². The zero-order valence-corrected chi connectivity index (χ0v) is 17.8. The van der Waals surface area contributed by atoms with E-state index >= 15 is 0 Å². The van der Waals surface area contributed by atoms with Gasteiger partial charge < -0.3 is 9.84 Å². The highest BCUT2D eigenvalue weighted by Crippen LogP contribution is 2.26. The topological polar surface area (TPSA) is 107 Å². The van der Waals surface area contributed by atoms with Gasteiger partial charge in [-0.25, -0.2) is 0 Å². The van der Waals surface area contributed by atoms with E-state index in [0.29, 0.717) is 18.8 Å². The lowest BCUT2D eigenvalue weighted by molar-refractivity contribution is -0.385. The van der Waals surface area contributed by atoms with Crippen LogP contribution in [0.15, 0.2) is 78.9 Å². The molecule has 3 rings (SSSR count). The predicted octanol–water partition coefficient (Wildman–Crippen LogP) is 5.05. The maximum absolute atomic E-state index is 12.2. The number of nitrogens with zero attached hydrogens (tertiary/aromatic N) is 1. The lowest BCUT2D eigenvalue weighted by atomic mass is 10.0. The van der Waals surface area contributed by atoms with Crippen LogP contribution in [0.25, 0.3) is 6.08 Å². The Kier molecular flexibility index (Phi) is 8.07. The highest BCUT2D eigenvalue weighted by molar-refractivity contribution is 6.06. The van der Waals surface area contributed by atoms with Gasteiger partial charge in [0.15, 0.2) is 5.78 Å². The minimum absolute atomic E-state index is 0.147.